The minimum atomic E-state index is -0.790. The molecule has 0 saturated carbocycles. The predicted octanol–water partition coefficient (Wildman–Crippen LogP) is -0.0917. The maximum atomic E-state index is 12.7. The largest absolute Gasteiger partial charge is 0.336 e. The molecule has 144 valence electrons. The summed E-state index contributed by atoms with van der Waals surface area (Å²) < 4.78 is 4.11. The molecule has 0 radical (unpaired) electrons. The Kier molecular flexibility index (Phi) is 5.08. The van der Waals surface area contributed by atoms with Crippen LogP contribution in [0.1, 0.15) is 11.4 Å². The van der Waals surface area contributed by atoms with Gasteiger partial charge >= 0.3 is 17.1 Å². The summed E-state index contributed by atoms with van der Waals surface area (Å²) in [6, 6.07) is 6.47. The molecule has 3 heterocycles. The van der Waals surface area contributed by atoms with E-state index in [1.165, 1.54) is 22.6 Å². The molecule has 0 unspecified atom stereocenters. The van der Waals surface area contributed by atoms with E-state index in [2.05, 4.69) is 18.1 Å². The maximum Gasteiger partial charge on any atom is 0.336 e. The van der Waals surface area contributed by atoms with E-state index in [-0.39, 0.29) is 30.9 Å². The fourth-order valence-electron chi connectivity index (χ4n) is 3.00. The monoisotopic (exact) mass is 381 g/mol. The molecule has 3 aromatic rings. The van der Waals surface area contributed by atoms with Crippen LogP contribution in [0.4, 0.5) is 0 Å². The van der Waals surface area contributed by atoms with Crippen molar-refractivity contribution in [2.24, 2.45) is 0 Å². The van der Waals surface area contributed by atoms with Gasteiger partial charge in [0.2, 0.25) is 0 Å². The number of aromatic nitrogens is 5. The first-order valence-electron chi connectivity index (χ1n) is 8.53. The van der Waals surface area contributed by atoms with Gasteiger partial charge < -0.3 is 0 Å². The van der Waals surface area contributed by atoms with Crippen LogP contribution in [0.3, 0.4) is 0 Å². The van der Waals surface area contributed by atoms with E-state index in [1.54, 1.807) is 25.1 Å². The first kappa shape index (κ1) is 19.0. The summed E-state index contributed by atoms with van der Waals surface area (Å²) in [7, 11) is 0. The normalized spacial score (nSPS) is 10.9. The van der Waals surface area contributed by atoms with Crippen molar-refractivity contribution in [3.05, 3.63) is 103 Å². The second kappa shape index (κ2) is 7.47. The number of fused-ring (bicyclic) bond motifs is 1. The van der Waals surface area contributed by atoms with Crippen LogP contribution in [0.2, 0.25) is 0 Å². The molecule has 0 N–H and O–H groups in total. The van der Waals surface area contributed by atoms with E-state index in [1.807, 2.05) is 0 Å². The van der Waals surface area contributed by atoms with Crippen molar-refractivity contribution in [1.29, 1.82) is 0 Å². The smallest absolute Gasteiger partial charge is 0.269 e. The van der Waals surface area contributed by atoms with Crippen molar-refractivity contribution in [3.63, 3.8) is 0 Å². The fraction of sp³-hybridized carbons (Fsp3) is 0.211. The molecule has 9 nitrogen and oxygen atoms in total. The van der Waals surface area contributed by atoms with Crippen molar-refractivity contribution < 1.29 is 0 Å². The number of hydrogen-bond donors (Lipinski definition) is 0. The molecule has 0 amide bonds. The third-order valence-corrected chi connectivity index (χ3v) is 4.26. The van der Waals surface area contributed by atoms with Gasteiger partial charge in [0.05, 0.1) is 25.3 Å². The molecular weight excluding hydrogens is 362 g/mol. The third kappa shape index (κ3) is 3.18. The highest BCUT2D eigenvalue weighted by atomic mass is 16.2. The highest BCUT2D eigenvalue weighted by Gasteiger charge is 2.15. The second-order valence-electron chi connectivity index (χ2n) is 6.18. The Bertz CT molecular complexity index is 1280. The van der Waals surface area contributed by atoms with Crippen LogP contribution >= 0.6 is 0 Å². The molecule has 3 rings (SSSR count). The van der Waals surface area contributed by atoms with E-state index >= 15 is 0 Å². The Hall–Kier alpha value is -3.75. The second-order valence-corrected chi connectivity index (χ2v) is 6.18. The highest BCUT2D eigenvalue weighted by molar-refractivity contribution is 5.40. The minimum absolute atomic E-state index is 0.0535. The van der Waals surface area contributed by atoms with Crippen LogP contribution in [0, 0.1) is 6.92 Å². The summed E-state index contributed by atoms with van der Waals surface area (Å²) in [5.41, 5.74) is -1.29. The average molecular weight is 381 g/mol. The van der Waals surface area contributed by atoms with E-state index < -0.39 is 17.1 Å². The van der Waals surface area contributed by atoms with Gasteiger partial charge in [-0.2, -0.15) is 0 Å². The van der Waals surface area contributed by atoms with E-state index in [0.29, 0.717) is 11.3 Å². The zero-order valence-corrected chi connectivity index (χ0v) is 15.4. The van der Waals surface area contributed by atoms with Gasteiger partial charge in [0, 0.05) is 11.8 Å². The predicted molar refractivity (Wildman–Crippen MR) is 105 cm³/mol. The molecule has 0 bridgehead atoms. The summed E-state index contributed by atoms with van der Waals surface area (Å²) in [6.45, 7) is 8.49. The Morgan fingerprint density at radius 3 is 2.07 bits per heavy atom. The van der Waals surface area contributed by atoms with Gasteiger partial charge in [-0.1, -0.05) is 18.2 Å². The molecular formula is C19H19N5O4. The lowest BCUT2D eigenvalue weighted by Crippen LogP contribution is -2.54. The van der Waals surface area contributed by atoms with Gasteiger partial charge in [0.25, 0.3) is 5.56 Å². The quantitative estimate of drug-likeness (QED) is 0.556. The van der Waals surface area contributed by atoms with Gasteiger partial charge in [-0.25, -0.2) is 33.1 Å². The first-order chi connectivity index (χ1) is 13.4. The molecule has 0 fully saturated rings. The Balaban J connectivity index is 2.24. The summed E-state index contributed by atoms with van der Waals surface area (Å²) in [5, 5.41) is 0. The van der Waals surface area contributed by atoms with Crippen LogP contribution < -0.4 is 22.6 Å². The molecule has 9 heteroatoms. The number of pyridine rings is 1. The highest BCUT2D eigenvalue weighted by Crippen LogP contribution is 2.03. The molecule has 0 atom stereocenters. The number of hydrogen-bond acceptors (Lipinski definition) is 5. The van der Waals surface area contributed by atoms with Crippen molar-refractivity contribution in [2.75, 3.05) is 0 Å². The maximum absolute atomic E-state index is 12.7. The SMILES string of the molecule is C=CCn1c(=O)n(CC=C)c(=O)n(Cc2cc(=O)n3c(C)cccc3n2)c1=O. The number of allylic oxidation sites excluding steroid dienone is 2. The molecule has 0 aliphatic rings. The van der Waals surface area contributed by atoms with Crippen LogP contribution in [-0.4, -0.2) is 23.1 Å². The van der Waals surface area contributed by atoms with E-state index in [0.717, 1.165) is 13.7 Å². The Morgan fingerprint density at radius 1 is 0.929 bits per heavy atom. The molecule has 0 saturated heterocycles. The summed E-state index contributed by atoms with van der Waals surface area (Å²) >= 11 is 0. The third-order valence-electron chi connectivity index (χ3n) is 4.26. The number of aryl methyl sites for hydroxylation is 1. The Labute approximate surface area is 158 Å². The summed E-state index contributed by atoms with van der Waals surface area (Å²) in [6.07, 6.45) is 2.78. The Morgan fingerprint density at radius 2 is 1.50 bits per heavy atom. The fourth-order valence-corrected chi connectivity index (χ4v) is 3.00. The van der Waals surface area contributed by atoms with Gasteiger partial charge in [-0.05, 0) is 19.1 Å². The zero-order valence-electron chi connectivity index (χ0n) is 15.4. The van der Waals surface area contributed by atoms with E-state index in [9.17, 15) is 19.2 Å². The topological polar surface area (TPSA) is 100 Å². The van der Waals surface area contributed by atoms with Gasteiger partial charge in [-0.15, -0.1) is 13.2 Å². The van der Waals surface area contributed by atoms with Gasteiger partial charge in [0.1, 0.15) is 5.65 Å². The lowest BCUT2D eigenvalue weighted by atomic mass is 10.3. The molecule has 0 aromatic carbocycles. The van der Waals surface area contributed by atoms with Gasteiger partial charge in [0.15, 0.2) is 0 Å². The van der Waals surface area contributed by atoms with E-state index in [4.69, 9.17) is 0 Å². The van der Waals surface area contributed by atoms with Crippen molar-refractivity contribution >= 4 is 5.65 Å². The molecule has 3 aromatic heterocycles. The first-order valence-corrected chi connectivity index (χ1v) is 8.53. The lowest BCUT2D eigenvalue weighted by molar-refractivity contribution is 0.495. The van der Waals surface area contributed by atoms with Crippen LogP contribution in [0.25, 0.3) is 5.65 Å². The van der Waals surface area contributed by atoms with Crippen LogP contribution in [0.15, 0.2) is 68.8 Å². The summed E-state index contributed by atoms with van der Waals surface area (Å²) in [5.74, 6) is 0. The van der Waals surface area contributed by atoms with Crippen molar-refractivity contribution in [1.82, 2.24) is 23.1 Å². The van der Waals surface area contributed by atoms with Crippen molar-refractivity contribution in [3.8, 4) is 0 Å². The average Bonchev–Trinajstić information content (AvgIpc) is 2.65. The lowest BCUT2D eigenvalue weighted by Gasteiger charge is -2.12. The number of nitrogens with zero attached hydrogens (tertiary/aromatic N) is 5. The molecule has 28 heavy (non-hydrogen) atoms. The zero-order chi connectivity index (χ0) is 20.4. The number of rotatable bonds is 6. The molecule has 0 aliphatic carbocycles. The van der Waals surface area contributed by atoms with Crippen LogP contribution in [-0.2, 0) is 19.6 Å². The molecule has 0 spiro atoms. The molecule has 0 aliphatic heterocycles. The summed E-state index contributed by atoms with van der Waals surface area (Å²) in [4.78, 5) is 54.6. The van der Waals surface area contributed by atoms with Crippen LogP contribution in [0.5, 0.6) is 0 Å². The standard InChI is InChI=1S/C19H19N5O4/c1-4-9-21-17(26)22(10-5-2)19(28)23(18(21)27)12-14-11-16(25)24-13(3)7-6-8-15(24)20-14/h4-8,11H,1-2,9-10,12H2,3H3. The van der Waals surface area contributed by atoms with Gasteiger partial charge in [-0.3, -0.25) is 9.20 Å². The van der Waals surface area contributed by atoms with Crippen molar-refractivity contribution in [2.45, 2.75) is 26.6 Å². The minimum Gasteiger partial charge on any atom is -0.269 e.